The van der Waals surface area contributed by atoms with Crippen molar-refractivity contribution in [2.45, 2.75) is 13.5 Å². The van der Waals surface area contributed by atoms with Gasteiger partial charge in [-0.25, -0.2) is 0 Å². The van der Waals surface area contributed by atoms with E-state index in [0.717, 1.165) is 0 Å². The van der Waals surface area contributed by atoms with E-state index in [2.05, 4.69) is 4.98 Å². The van der Waals surface area contributed by atoms with Gasteiger partial charge in [-0.05, 0) is 19.1 Å². The van der Waals surface area contributed by atoms with Crippen molar-refractivity contribution in [3.63, 3.8) is 0 Å². The molecule has 0 atom stereocenters. The van der Waals surface area contributed by atoms with Gasteiger partial charge in [-0.3, -0.25) is 4.79 Å². The fourth-order valence-corrected chi connectivity index (χ4v) is 0.782. The van der Waals surface area contributed by atoms with Gasteiger partial charge in [0.25, 0.3) is 5.56 Å². The Hall–Kier alpha value is -1.09. The fraction of sp³-hybridized carbons (Fsp3) is 0.375. The summed E-state index contributed by atoms with van der Waals surface area (Å²) in [6.07, 6.45) is 1.61. The van der Waals surface area contributed by atoms with Crippen LogP contribution in [0.3, 0.4) is 0 Å². The molecule has 0 radical (unpaired) electrons. The summed E-state index contributed by atoms with van der Waals surface area (Å²) in [6.45, 7) is 2.93. The van der Waals surface area contributed by atoms with E-state index in [1.165, 1.54) is 0 Å². The van der Waals surface area contributed by atoms with Gasteiger partial charge in [-0.2, -0.15) is 0 Å². The SMILES string of the molecule is CCOCc1ccc[nH]c1=O. The summed E-state index contributed by atoms with van der Waals surface area (Å²) in [6, 6.07) is 3.55. The first-order valence-corrected chi connectivity index (χ1v) is 3.59. The van der Waals surface area contributed by atoms with Gasteiger partial charge in [-0.1, -0.05) is 0 Å². The van der Waals surface area contributed by atoms with Crippen LogP contribution in [0.15, 0.2) is 23.1 Å². The van der Waals surface area contributed by atoms with Gasteiger partial charge in [0.15, 0.2) is 0 Å². The molecule has 0 aromatic carbocycles. The molecule has 0 amide bonds. The number of aromatic nitrogens is 1. The fourth-order valence-electron chi connectivity index (χ4n) is 0.782. The zero-order valence-electron chi connectivity index (χ0n) is 6.46. The molecule has 0 spiro atoms. The van der Waals surface area contributed by atoms with Gasteiger partial charge in [0.05, 0.1) is 6.61 Å². The van der Waals surface area contributed by atoms with Crippen LogP contribution in [0, 0.1) is 0 Å². The summed E-state index contributed by atoms with van der Waals surface area (Å²) < 4.78 is 5.08. The maximum atomic E-state index is 11.0. The van der Waals surface area contributed by atoms with Gasteiger partial charge in [0.2, 0.25) is 0 Å². The summed E-state index contributed by atoms with van der Waals surface area (Å²) in [5.74, 6) is 0. The van der Waals surface area contributed by atoms with Gasteiger partial charge in [0.1, 0.15) is 0 Å². The third kappa shape index (κ3) is 2.20. The maximum Gasteiger partial charge on any atom is 0.253 e. The molecule has 0 aliphatic carbocycles. The average molecular weight is 153 g/mol. The van der Waals surface area contributed by atoms with Crippen LogP contribution >= 0.6 is 0 Å². The van der Waals surface area contributed by atoms with E-state index in [1.807, 2.05) is 6.92 Å². The monoisotopic (exact) mass is 153 g/mol. The van der Waals surface area contributed by atoms with Crippen molar-refractivity contribution in [3.8, 4) is 0 Å². The number of pyridine rings is 1. The van der Waals surface area contributed by atoms with E-state index in [9.17, 15) is 4.79 Å². The molecule has 1 aromatic heterocycles. The Kier molecular flexibility index (Phi) is 2.86. The zero-order valence-corrected chi connectivity index (χ0v) is 6.46. The standard InChI is InChI=1S/C8H11NO2/c1-2-11-6-7-4-3-5-9-8(7)10/h3-5H,2,6H2,1H3,(H,9,10). The van der Waals surface area contributed by atoms with Crippen molar-refractivity contribution in [3.05, 3.63) is 34.2 Å². The van der Waals surface area contributed by atoms with Gasteiger partial charge in [-0.15, -0.1) is 0 Å². The lowest BCUT2D eigenvalue weighted by atomic mass is 10.3. The number of nitrogens with one attached hydrogen (secondary N) is 1. The molecule has 0 saturated heterocycles. The summed E-state index contributed by atoms with van der Waals surface area (Å²) in [4.78, 5) is 13.6. The van der Waals surface area contributed by atoms with Crippen molar-refractivity contribution in [1.29, 1.82) is 0 Å². The van der Waals surface area contributed by atoms with E-state index in [-0.39, 0.29) is 5.56 Å². The predicted octanol–water partition coefficient (Wildman–Crippen LogP) is 0.911. The molecule has 0 bridgehead atoms. The maximum absolute atomic E-state index is 11.0. The highest BCUT2D eigenvalue weighted by molar-refractivity contribution is 5.07. The van der Waals surface area contributed by atoms with Crippen LogP contribution in [0.1, 0.15) is 12.5 Å². The van der Waals surface area contributed by atoms with Crippen molar-refractivity contribution >= 4 is 0 Å². The Labute approximate surface area is 65.0 Å². The number of hydrogen-bond donors (Lipinski definition) is 1. The first-order chi connectivity index (χ1) is 5.34. The second-order valence-electron chi connectivity index (χ2n) is 2.16. The molecular weight excluding hydrogens is 142 g/mol. The predicted molar refractivity (Wildman–Crippen MR) is 42.4 cm³/mol. The molecule has 1 rings (SSSR count). The largest absolute Gasteiger partial charge is 0.377 e. The van der Waals surface area contributed by atoms with E-state index >= 15 is 0 Å². The summed E-state index contributed by atoms with van der Waals surface area (Å²) in [7, 11) is 0. The van der Waals surface area contributed by atoms with Crippen molar-refractivity contribution in [1.82, 2.24) is 4.98 Å². The smallest absolute Gasteiger partial charge is 0.253 e. The van der Waals surface area contributed by atoms with Crippen LogP contribution in [-0.2, 0) is 11.3 Å². The highest BCUT2D eigenvalue weighted by Crippen LogP contribution is 1.91. The molecule has 0 unspecified atom stereocenters. The normalized spacial score (nSPS) is 9.91. The summed E-state index contributed by atoms with van der Waals surface area (Å²) in [5.41, 5.74) is 0.607. The zero-order chi connectivity index (χ0) is 8.10. The number of hydrogen-bond acceptors (Lipinski definition) is 2. The third-order valence-corrected chi connectivity index (χ3v) is 1.36. The molecule has 11 heavy (non-hydrogen) atoms. The lowest BCUT2D eigenvalue weighted by Gasteiger charge is -1.98. The van der Waals surface area contributed by atoms with Crippen LogP contribution < -0.4 is 5.56 Å². The first-order valence-electron chi connectivity index (χ1n) is 3.59. The minimum atomic E-state index is -0.0686. The van der Waals surface area contributed by atoms with Crippen molar-refractivity contribution in [2.75, 3.05) is 6.61 Å². The Bertz CT molecular complexity index is 267. The highest BCUT2D eigenvalue weighted by atomic mass is 16.5. The molecule has 0 fully saturated rings. The Morgan fingerprint density at radius 2 is 2.45 bits per heavy atom. The van der Waals surface area contributed by atoms with E-state index in [4.69, 9.17) is 4.74 Å². The summed E-state index contributed by atoms with van der Waals surface area (Å²) in [5, 5.41) is 0. The Balaban J connectivity index is 2.70. The van der Waals surface area contributed by atoms with Gasteiger partial charge in [0, 0.05) is 18.4 Å². The first kappa shape index (κ1) is 8.01. The molecule has 0 aliphatic rings. The second-order valence-corrected chi connectivity index (χ2v) is 2.16. The quantitative estimate of drug-likeness (QED) is 0.701. The number of aromatic amines is 1. The Morgan fingerprint density at radius 1 is 1.64 bits per heavy atom. The lowest BCUT2D eigenvalue weighted by Crippen LogP contribution is -2.11. The molecule has 0 aliphatic heterocycles. The summed E-state index contributed by atoms with van der Waals surface area (Å²) >= 11 is 0. The number of rotatable bonds is 3. The average Bonchev–Trinajstić information content (AvgIpc) is 2.03. The Morgan fingerprint density at radius 3 is 3.09 bits per heavy atom. The minimum Gasteiger partial charge on any atom is -0.377 e. The van der Waals surface area contributed by atoms with Crippen LogP contribution in [0.2, 0.25) is 0 Å². The minimum absolute atomic E-state index is 0.0686. The van der Waals surface area contributed by atoms with E-state index < -0.39 is 0 Å². The number of H-pyrrole nitrogens is 1. The molecule has 1 heterocycles. The second kappa shape index (κ2) is 3.93. The van der Waals surface area contributed by atoms with Gasteiger partial charge >= 0.3 is 0 Å². The van der Waals surface area contributed by atoms with E-state index in [0.29, 0.717) is 18.8 Å². The molecule has 1 N–H and O–H groups in total. The molecule has 1 aromatic rings. The molecule has 3 nitrogen and oxygen atoms in total. The van der Waals surface area contributed by atoms with Gasteiger partial charge < -0.3 is 9.72 Å². The van der Waals surface area contributed by atoms with Crippen LogP contribution in [-0.4, -0.2) is 11.6 Å². The third-order valence-electron chi connectivity index (χ3n) is 1.36. The van der Waals surface area contributed by atoms with Crippen molar-refractivity contribution in [2.24, 2.45) is 0 Å². The molecule has 3 heteroatoms. The molecule has 60 valence electrons. The lowest BCUT2D eigenvalue weighted by molar-refractivity contribution is 0.133. The molecule has 0 saturated carbocycles. The highest BCUT2D eigenvalue weighted by Gasteiger charge is 1.95. The topological polar surface area (TPSA) is 42.1 Å². The van der Waals surface area contributed by atoms with E-state index in [1.54, 1.807) is 18.3 Å². The van der Waals surface area contributed by atoms with Crippen LogP contribution in [0.25, 0.3) is 0 Å². The van der Waals surface area contributed by atoms with Crippen LogP contribution in [0.5, 0.6) is 0 Å². The number of ether oxygens (including phenoxy) is 1. The van der Waals surface area contributed by atoms with Crippen LogP contribution in [0.4, 0.5) is 0 Å². The molecular formula is C8H11NO2. The van der Waals surface area contributed by atoms with Crippen molar-refractivity contribution < 1.29 is 4.74 Å².